The largest absolute Gasteiger partial charge is 0.0776 e. The lowest BCUT2D eigenvalue weighted by Gasteiger charge is -2.42. The molecular formula is C15H32. The summed E-state index contributed by atoms with van der Waals surface area (Å²) in [6, 6.07) is 0. The average Bonchev–Trinajstić information content (AvgIpc) is 2.23. The molecule has 0 nitrogen and oxygen atoms in total. The van der Waals surface area contributed by atoms with Gasteiger partial charge in [0.25, 0.3) is 0 Å². The predicted molar refractivity (Wildman–Crippen MR) is 71.0 cm³/mol. The standard InChI is InChI=1S/C14H28.CH4/c1-10(2)11-8-9-14(6,7)12(11)13(3,4)5;/h10-12H,8-9H2,1-7H3;1H4/t11-,12-;/m1./s1. The highest BCUT2D eigenvalue weighted by atomic mass is 14.5. The summed E-state index contributed by atoms with van der Waals surface area (Å²) in [6.07, 6.45) is 2.85. The van der Waals surface area contributed by atoms with Crippen molar-refractivity contribution in [1.82, 2.24) is 0 Å². The van der Waals surface area contributed by atoms with Crippen LogP contribution in [0.1, 0.15) is 68.7 Å². The summed E-state index contributed by atoms with van der Waals surface area (Å²) in [4.78, 5) is 0. The van der Waals surface area contributed by atoms with Crippen molar-refractivity contribution in [3.63, 3.8) is 0 Å². The van der Waals surface area contributed by atoms with E-state index in [1.165, 1.54) is 12.8 Å². The molecule has 1 saturated carbocycles. The molecule has 2 atom stereocenters. The van der Waals surface area contributed by atoms with Crippen molar-refractivity contribution in [3.05, 3.63) is 0 Å². The average molecular weight is 212 g/mol. The molecule has 0 aromatic heterocycles. The van der Waals surface area contributed by atoms with Gasteiger partial charge in [0.15, 0.2) is 0 Å². The molecule has 0 heterocycles. The Morgan fingerprint density at radius 1 is 1.13 bits per heavy atom. The Balaban J connectivity index is 0.00000196. The Labute approximate surface area is 97.8 Å². The molecule has 0 saturated heterocycles. The second-order valence-corrected chi connectivity index (χ2v) is 7.28. The fourth-order valence-corrected chi connectivity index (χ4v) is 3.97. The zero-order valence-electron chi connectivity index (χ0n) is 11.1. The van der Waals surface area contributed by atoms with Crippen LogP contribution < -0.4 is 0 Å². The van der Waals surface area contributed by atoms with Gasteiger partial charge in [0.05, 0.1) is 0 Å². The van der Waals surface area contributed by atoms with Gasteiger partial charge in [0, 0.05) is 0 Å². The van der Waals surface area contributed by atoms with E-state index >= 15 is 0 Å². The minimum atomic E-state index is 0. The predicted octanol–water partition coefficient (Wildman–Crippen LogP) is 5.38. The summed E-state index contributed by atoms with van der Waals surface area (Å²) in [5.74, 6) is 2.67. The molecule has 0 amide bonds. The van der Waals surface area contributed by atoms with E-state index in [0.717, 1.165) is 17.8 Å². The van der Waals surface area contributed by atoms with Crippen LogP contribution in [0.15, 0.2) is 0 Å². The number of hydrogen-bond acceptors (Lipinski definition) is 0. The van der Waals surface area contributed by atoms with Gasteiger partial charge in [-0.25, -0.2) is 0 Å². The third-order valence-corrected chi connectivity index (χ3v) is 4.18. The summed E-state index contributed by atoms with van der Waals surface area (Å²) < 4.78 is 0. The van der Waals surface area contributed by atoms with Crippen LogP contribution in [0, 0.1) is 28.6 Å². The van der Waals surface area contributed by atoms with Crippen LogP contribution in [-0.2, 0) is 0 Å². The highest BCUT2D eigenvalue weighted by Crippen LogP contribution is 2.56. The first kappa shape index (κ1) is 15.0. The van der Waals surface area contributed by atoms with Crippen molar-refractivity contribution in [3.8, 4) is 0 Å². The Hall–Kier alpha value is 0. The molecule has 1 aliphatic rings. The lowest BCUT2D eigenvalue weighted by Crippen LogP contribution is -2.35. The van der Waals surface area contributed by atoms with Crippen molar-refractivity contribution in [2.45, 2.75) is 68.7 Å². The maximum atomic E-state index is 2.46. The maximum absolute atomic E-state index is 2.46. The van der Waals surface area contributed by atoms with Crippen LogP contribution in [0.5, 0.6) is 0 Å². The second-order valence-electron chi connectivity index (χ2n) is 7.28. The molecule has 0 spiro atoms. The quantitative estimate of drug-likeness (QED) is 0.547. The molecule has 15 heavy (non-hydrogen) atoms. The highest BCUT2D eigenvalue weighted by Gasteiger charge is 2.48. The van der Waals surface area contributed by atoms with Gasteiger partial charge in [-0.1, -0.05) is 55.9 Å². The van der Waals surface area contributed by atoms with Crippen molar-refractivity contribution in [2.24, 2.45) is 28.6 Å². The fourth-order valence-electron chi connectivity index (χ4n) is 3.97. The molecule has 0 aliphatic heterocycles. The first-order valence-corrected chi connectivity index (χ1v) is 6.16. The normalized spacial score (nSPS) is 30.4. The smallest absolute Gasteiger partial charge is 0.0283 e. The van der Waals surface area contributed by atoms with Gasteiger partial charge in [0.1, 0.15) is 0 Å². The van der Waals surface area contributed by atoms with Gasteiger partial charge >= 0.3 is 0 Å². The Morgan fingerprint density at radius 3 is 1.87 bits per heavy atom. The van der Waals surface area contributed by atoms with Gasteiger partial charge in [-0.2, -0.15) is 0 Å². The van der Waals surface area contributed by atoms with Gasteiger partial charge in [-0.15, -0.1) is 0 Å². The van der Waals surface area contributed by atoms with E-state index < -0.39 is 0 Å². The van der Waals surface area contributed by atoms with Crippen molar-refractivity contribution in [1.29, 1.82) is 0 Å². The van der Waals surface area contributed by atoms with Crippen LogP contribution in [0.4, 0.5) is 0 Å². The van der Waals surface area contributed by atoms with Crippen LogP contribution in [-0.4, -0.2) is 0 Å². The lowest BCUT2D eigenvalue weighted by molar-refractivity contribution is 0.0644. The monoisotopic (exact) mass is 212 g/mol. The van der Waals surface area contributed by atoms with Crippen molar-refractivity contribution in [2.75, 3.05) is 0 Å². The summed E-state index contributed by atoms with van der Waals surface area (Å²) in [5.41, 5.74) is 1.02. The molecule has 1 aliphatic carbocycles. The zero-order valence-corrected chi connectivity index (χ0v) is 11.1. The third-order valence-electron chi connectivity index (χ3n) is 4.18. The molecule has 0 heteroatoms. The minimum Gasteiger partial charge on any atom is -0.0776 e. The van der Waals surface area contributed by atoms with Crippen LogP contribution in [0.3, 0.4) is 0 Å². The van der Waals surface area contributed by atoms with Crippen LogP contribution in [0.25, 0.3) is 0 Å². The topological polar surface area (TPSA) is 0 Å². The van der Waals surface area contributed by atoms with E-state index in [0.29, 0.717) is 10.8 Å². The molecule has 0 unspecified atom stereocenters. The molecule has 1 fully saturated rings. The van der Waals surface area contributed by atoms with Gasteiger partial charge in [0.2, 0.25) is 0 Å². The first-order valence-electron chi connectivity index (χ1n) is 6.16. The molecular weight excluding hydrogens is 180 g/mol. The van der Waals surface area contributed by atoms with E-state index in [1.54, 1.807) is 0 Å². The Bertz CT molecular complexity index is 193. The lowest BCUT2D eigenvalue weighted by atomic mass is 9.63. The minimum absolute atomic E-state index is 0. The van der Waals surface area contributed by atoms with Crippen molar-refractivity contribution < 1.29 is 0 Å². The van der Waals surface area contributed by atoms with Gasteiger partial charge in [-0.05, 0) is 41.4 Å². The van der Waals surface area contributed by atoms with E-state index in [2.05, 4.69) is 48.5 Å². The SMILES string of the molecule is C.CC(C)[C@H]1CCC(C)(C)[C@H]1C(C)(C)C. The number of rotatable bonds is 1. The summed E-state index contributed by atoms with van der Waals surface area (Å²) in [6.45, 7) is 17.0. The molecule has 0 radical (unpaired) electrons. The number of hydrogen-bond donors (Lipinski definition) is 0. The molecule has 0 aromatic rings. The Kier molecular flexibility index (Phi) is 4.47. The van der Waals surface area contributed by atoms with Crippen LogP contribution >= 0.6 is 0 Å². The summed E-state index contributed by atoms with van der Waals surface area (Å²) >= 11 is 0. The van der Waals surface area contributed by atoms with Gasteiger partial charge in [-0.3, -0.25) is 0 Å². The van der Waals surface area contributed by atoms with E-state index in [-0.39, 0.29) is 7.43 Å². The molecule has 0 N–H and O–H groups in total. The molecule has 92 valence electrons. The third kappa shape index (κ3) is 2.98. The summed E-state index contributed by atoms with van der Waals surface area (Å²) in [7, 11) is 0. The molecule has 1 rings (SSSR count). The van der Waals surface area contributed by atoms with Gasteiger partial charge < -0.3 is 0 Å². The second kappa shape index (κ2) is 4.47. The fraction of sp³-hybridized carbons (Fsp3) is 1.00. The van der Waals surface area contributed by atoms with Crippen LogP contribution in [0.2, 0.25) is 0 Å². The maximum Gasteiger partial charge on any atom is -0.0283 e. The van der Waals surface area contributed by atoms with E-state index in [1.807, 2.05) is 0 Å². The Morgan fingerprint density at radius 2 is 1.60 bits per heavy atom. The zero-order chi connectivity index (χ0) is 11.1. The first-order chi connectivity index (χ1) is 6.16. The van der Waals surface area contributed by atoms with E-state index in [9.17, 15) is 0 Å². The molecule has 0 aromatic carbocycles. The molecule has 0 bridgehead atoms. The van der Waals surface area contributed by atoms with Crippen molar-refractivity contribution >= 4 is 0 Å². The highest BCUT2D eigenvalue weighted by molar-refractivity contribution is 4.97. The summed E-state index contributed by atoms with van der Waals surface area (Å²) in [5, 5.41) is 0. The van der Waals surface area contributed by atoms with E-state index in [4.69, 9.17) is 0 Å².